The van der Waals surface area contributed by atoms with Crippen molar-refractivity contribution in [2.24, 2.45) is 0 Å². The van der Waals surface area contributed by atoms with E-state index in [1.54, 1.807) is 0 Å². The predicted octanol–water partition coefficient (Wildman–Crippen LogP) is 5.20. The van der Waals surface area contributed by atoms with Gasteiger partial charge in [0, 0.05) is 31.1 Å². The number of aliphatic hydroxyl groups excluding tert-OH is 1. The molecular weight excluding hydrogens is 432 g/mol. The molecule has 0 aromatic heterocycles. The van der Waals surface area contributed by atoms with Crippen molar-refractivity contribution < 1.29 is 14.6 Å². The van der Waals surface area contributed by atoms with Crippen LogP contribution in [0.2, 0.25) is 0 Å². The quantitative estimate of drug-likeness (QED) is 0.522. The first-order valence-corrected chi connectivity index (χ1v) is 12.7. The Morgan fingerprint density at radius 2 is 1.79 bits per heavy atom. The molecule has 1 unspecified atom stereocenters. The van der Waals surface area contributed by atoms with Gasteiger partial charge in [-0.2, -0.15) is 0 Å². The lowest BCUT2D eigenvalue weighted by molar-refractivity contribution is -0.160. The molecule has 6 heteroatoms. The Kier molecular flexibility index (Phi) is 7.78. The molecule has 0 aliphatic carbocycles. The molecule has 2 N–H and O–H groups in total. The maximum absolute atomic E-state index is 13.3. The van der Waals surface area contributed by atoms with Crippen molar-refractivity contribution in [1.82, 2.24) is 10.2 Å². The topological polar surface area (TPSA) is 61.8 Å². The molecule has 4 rings (SSSR count). The summed E-state index contributed by atoms with van der Waals surface area (Å²) in [6.07, 6.45) is 1.88. The highest BCUT2D eigenvalue weighted by atomic mass is 32.2. The van der Waals surface area contributed by atoms with Gasteiger partial charge in [0.05, 0.1) is 6.42 Å². The van der Waals surface area contributed by atoms with E-state index in [4.69, 9.17) is 4.74 Å². The van der Waals surface area contributed by atoms with Crippen molar-refractivity contribution in [3.8, 4) is 0 Å². The maximum Gasteiger partial charge on any atom is 0.349 e. The largest absolute Gasteiger partial charge is 0.511 e. The van der Waals surface area contributed by atoms with Crippen LogP contribution >= 0.6 is 11.8 Å². The molecular formula is C27H34N2O3S. The number of carbonyl (C=O) groups is 1. The predicted molar refractivity (Wildman–Crippen MR) is 133 cm³/mol. The number of piperazine rings is 1. The third kappa shape index (κ3) is 5.62. The number of hydrogen-bond donors (Lipinski definition) is 2. The summed E-state index contributed by atoms with van der Waals surface area (Å²) in [6.45, 7) is 9.33. The van der Waals surface area contributed by atoms with Crippen molar-refractivity contribution in [2.75, 3.05) is 32.7 Å². The third-order valence-corrected chi connectivity index (χ3v) is 7.70. The molecule has 2 aromatic carbocycles. The number of nitrogens with one attached hydrogen (secondary N) is 1. The summed E-state index contributed by atoms with van der Waals surface area (Å²) in [4.78, 5) is 17.0. The minimum Gasteiger partial charge on any atom is -0.511 e. The number of esters is 1. The lowest BCUT2D eigenvalue weighted by Gasteiger charge is -2.38. The molecule has 2 aromatic rings. The molecule has 0 spiro atoms. The van der Waals surface area contributed by atoms with E-state index in [2.05, 4.69) is 30.1 Å². The van der Waals surface area contributed by atoms with Gasteiger partial charge in [-0.1, -0.05) is 74.1 Å². The van der Waals surface area contributed by atoms with Gasteiger partial charge < -0.3 is 20.1 Å². The summed E-state index contributed by atoms with van der Waals surface area (Å²) in [5.41, 5.74) is 1.27. The number of cyclic esters (lactones) is 1. The van der Waals surface area contributed by atoms with Crippen molar-refractivity contribution in [3.05, 3.63) is 76.4 Å². The van der Waals surface area contributed by atoms with Crippen LogP contribution in [0.25, 0.3) is 0 Å². The molecule has 1 saturated heterocycles. The van der Waals surface area contributed by atoms with Gasteiger partial charge in [0.25, 0.3) is 0 Å². The molecule has 2 aliphatic heterocycles. The van der Waals surface area contributed by atoms with Crippen LogP contribution in [0.4, 0.5) is 0 Å². The SMILES string of the molecule is CC(C)c1ccccc1SC1=C(O)CC(CCCN2CCNCC2)(c2ccccc2)OC1=O. The highest BCUT2D eigenvalue weighted by Crippen LogP contribution is 2.45. The summed E-state index contributed by atoms with van der Waals surface area (Å²) in [5.74, 6) is 0.0126. The first-order chi connectivity index (χ1) is 16.0. The number of hydrogen-bond acceptors (Lipinski definition) is 6. The average Bonchev–Trinajstić information content (AvgIpc) is 2.83. The fourth-order valence-electron chi connectivity index (χ4n) is 4.70. The molecule has 0 amide bonds. The summed E-state index contributed by atoms with van der Waals surface area (Å²) in [6, 6.07) is 17.9. The van der Waals surface area contributed by atoms with Gasteiger partial charge in [-0.05, 0) is 42.5 Å². The third-order valence-electron chi connectivity index (χ3n) is 6.51. The Hall–Kier alpha value is -2.28. The number of benzene rings is 2. The summed E-state index contributed by atoms with van der Waals surface area (Å²) >= 11 is 1.32. The average molecular weight is 467 g/mol. The summed E-state index contributed by atoms with van der Waals surface area (Å²) < 4.78 is 6.20. The van der Waals surface area contributed by atoms with E-state index in [-0.39, 0.29) is 5.76 Å². The van der Waals surface area contributed by atoms with Crippen molar-refractivity contribution in [2.45, 2.75) is 49.5 Å². The van der Waals surface area contributed by atoms with Crippen LogP contribution in [0.1, 0.15) is 50.2 Å². The van der Waals surface area contributed by atoms with E-state index >= 15 is 0 Å². The van der Waals surface area contributed by atoms with Gasteiger partial charge in [-0.15, -0.1) is 0 Å². The van der Waals surface area contributed by atoms with E-state index in [0.29, 0.717) is 23.7 Å². The minimum atomic E-state index is -0.835. The number of ether oxygens (including phenoxy) is 1. The fraction of sp³-hybridized carbons (Fsp3) is 0.444. The van der Waals surface area contributed by atoms with Gasteiger partial charge in [0.1, 0.15) is 16.3 Å². The van der Waals surface area contributed by atoms with E-state index < -0.39 is 11.6 Å². The molecule has 1 atom stereocenters. The van der Waals surface area contributed by atoms with Crippen molar-refractivity contribution in [3.63, 3.8) is 0 Å². The molecule has 176 valence electrons. The lowest BCUT2D eigenvalue weighted by Crippen LogP contribution is -2.44. The lowest BCUT2D eigenvalue weighted by atomic mass is 9.83. The molecule has 33 heavy (non-hydrogen) atoms. The van der Waals surface area contributed by atoms with Gasteiger partial charge in [-0.25, -0.2) is 4.79 Å². The van der Waals surface area contributed by atoms with Crippen LogP contribution in [0, 0.1) is 0 Å². The monoisotopic (exact) mass is 466 g/mol. The van der Waals surface area contributed by atoms with E-state index in [1.165, 1.54) is 11.8 Å². The number of nitrogens with zero attached hydrogens (tertiary/aromatic N) is 1. The fourth-order valence-corrected chi connectivity index (χ4v) is 5.80. The number of aliphatic hydroxyl groups is 1. The van der Waals surface area contributed by atoms with Crippen molar-refractivity contribution >= 4 is 17.7 Å². The second-order valence-electron chi connectivity index (χ2n) is 9.19. The molecule has 0 bridgehead atoms. The van der Waals surface area contributed by atoms with Gasteiger partial charge in [0.2, 0.25) is 0 Å². The standard InChI is InChI=1S/C27H34N2O3S/c1-20(2)22-11-6-7-12-24(22)33-25-23(30)19-27(32-26(25)31,21-9-4-3-5-10-21)13-8-16-29-17-14-28-15-18-29/h3-7,9-12,20,28,30H,8,13-19H2,1-2H3. The van der Waals surface area contributed by atoms with Crippen LogP contribution in [-0.2, 0) is 15.1 Å². The normalized spacial score (nSPS) is 22.0. The van der Waals surface area contributed by atoms with E-state index in [9.17, 15) is 9.90 Å². The van der Waals surface area contributed by atoms with Crippen LogP contribution in [-0.4, -0.2) is 48.7 Å². The maximum atomic E-state index is 13.3. The van der Waals surface area contributed by atoms with E-state index in [0.717, 1.165) is 55.2 Å². The molecule has 2 heterocycles. The zero-order valence-corrected chi connectivity index (χ0v) is 20.4. The van der Waals surface area contributed by atoms with Crippen LogP contribution in [0.5, 0.6) is 0 Å². The highest BCUT2D eigenvalue weighted by molar-refractivity contribution is 8.04. The number of rotatable bonds is 8. The Morgan fingerprint density at radius 3 is 2.48 bits per heavy atom. The van der Waals surface area contributed by atoms with Gasteiger partial charge in [0.15, 0.2) is 0 Å². The second-order valence-corrected chi connectivity index (χ2v) is 10.2. The Balaban J connectivity index is 1.56. The molecule has 0 saturated carbocycles. The van der Waals surface area contributed by atoms with Crippen molar-refractivity contribution in [1.29, 1.82) is 0 Å². The van der Waals surface area contributed by atoms with Crippen LogP contribution < -0.4 is 5.32 Å². The molecule has 5 nitrogen and oxygen atoms in total. The number of carbonyl (C=O) groups excluding carboxylic acids is 1. The zero-order valence-electron chi connectivity index (χ0n) is 19.5. The Morgan fingerprint density at radius 1 is 1.09 bits per heavy atom. The van der Waals surface area contributed by atoms with E-state index in [1.807, 2.05) is 48.5 Å². The Labute approximate surface area is 201 Å². The van der Waals surface area contributed by atoms with Gasteiger partial charge in [-0.3, -0.25) is 0 Å². The minimum absolute atomic E-state index is 0.126. The Bertz CT molecular complexity index is 986. The smallest absolute Gasteiger partial charge is 0.349 e. The second kappa shape index (κ2) is 10.8. The first kappa shape index (κ1) is 23.9. The number of thioether (sulfide) groups is 1. The van der Waals surface area contributed by atoms with Crippen LogP contribution in [0.3, 0.4) is 0 Å². The summed E-state index contributed by atoms with van der Waals surface area (Å²) in [7, 11) is 0. The summed E-state index contributed by atoms with van der Waals surface area (Å²) in [5, 5.41) is 14.5. The first-order valence-electron chi connectivity index (χ1n) is 11.9. The molecule has 2 aliphatic rings. The highest BCUT2D eigenvalue weighted by Gasteiger charge is 2.43. The molecule has 0 radical (unpaired) electrons. The van der Waals surface area contributed by atoms with Gasteiger partial charge >= 0.3 is 5.97 Å². The zero-order chi connectivity index (χ0) is 23.3. The molecule has 1 fully saturated rings. The van der Waals surface area contributed by atoms with Crippen LogP contribution in [0.15, 0.2) is 70.2 Å².